The average Bonchev–Trinajstić information content (AvgIpc) is 2.56. The first-order valence-corrected chi connectivity index (χ1v) is 6.07. The Morgan fingerprint density at radius 1 is 1.18 bits per heavy atom. The van der Waals surface area contributed by atoms with E-state index in [0.717, 1.165) is 0 Å². The number of aliphatic imine (C=N–C) groups is 1. The Hall–Kier alpha value is -1.17. The van der Waals surface area contributed by atoms with E-state index < -0.39 is 4.92 Å². The summed E-state index contributed by atoms with van der Waals surface area (Å²) in [5.41, 5.74) is 0. The van der Waals surface area contributed by atoms with Crippen LogP contribution in [-0.4, -0.2) is 39.2 Å². The van der Waals surface area contributed by atoms with Crippen LogP contribution in [0, 0.1) is 16.0 Å². The van der Waals surface area contributed by atoms with Gasteiger partial charge in [0.05, 0.1) is 6.04 Å². The lowest BCUT2D eigenvalue weighted by Crippen LogP contribution is -2.54. The van der Waals surface area contributed by atoms with E-state index in [9.17, 15) is 10.1 Å². The number of nitro groups is 1. The minimum atomic E-state index is -0.391. The van der Waals surface area contributed by atoms with Gasteiger partial charge in [-0.15, -0.1) is 5.01 Å². The molecule has 1 heterocycles. The Balaban J connectivity index is 3.14. The molecule has 0 amide bonds. The molecule has 0 saturated heterocycles. The molecule has 0 spiro atoms. The molecule has 0 aliphatic carbocycles. The van der Waals surface area contributed by atoms with Crippen molar-refractivity contribution >= 4 is 5.96 Å². The zero-order valence-electron chi connectivity index (χ0n) is 11.4. The largest absolute Gasteiger partial charge is 0.444 e. The summed E-state index contributed by atoms with van der Waals surface area (Å²) >= 11 is 0. The lowest BCUT2D eigenvalue weighted by atomic mass is 10.1. The number of hydrazine groups is 1. The second-order valence-electron chi connectivity index (χ2n) is 5.26. The highest BCUT2D eigenvalue weighted by Crippen LogP contribution is 2.26. The van der Waals surface area contributed by atoms with Crippen LogP contribution in [0.25, 0.3) is 0 Å². The fraction of sp³-hybridized carbons (Fsp3) is 0.909. The van der Waals surface area contributed by atoms with Crippen molar-refractivity contribution < 1.29 is 4.92 Å². The maximum absolute atomic E-state index is 11.1. The molecule has 6 nitrogen and oxygen atoms in total. The summed E-state index contributed by atoms with van der Waals surface area (Å²) in [4.78, 5) is 14.9. The van der Waals surface area contributed by atoms with Crippen molar-refractivity contribution in [2.75, 3.05) is 0 Å². The molecule has 0 N–H and O–H groups in total. The van der Waals surface area contributed by atoms with E-state index in [2.05, 4.69) is 4.99 Å². The predicted molar refractivity (Wildman–Crippen MR) is 67.0 cm³/mol. The van der Waals surface area contributed by atoms with Gasteiger partial charge in [0.25, 0.3) is 0 Å². The van der Waals surface area contributed by atoms with Crippen LogP contribution >= 0.6 is 0 Å². The van der Waals surface area contributed by atoms with Crippen molar-refractivity contribution in [1.82, 2.24) is 10.0 Å². The lowest BCUT2D eigenvalue weighted by Gasteiger charge is -2.33. The fourth-order valence-corrected chi connectivity index (χ4v) is 2.10. The van der Waals surface area contributed by atoms with E-state index in [1.54, 1.807) is 5.01 Å². The smallest absolute Gasteiger partial charge is 0.390 e. The Morgan fingerprint density at radius 2 is 1.71 bits per heavy atom. The van der Waals surface area contributed by atoms with Crippen molar-refractivity contribution in [3.8, 4) is 0 Å². The molecule has 1 atom stereocenters. The van der Waals surface area contributed by atoms with Crippen LogP contribution in [-0.2, 0) is 0 Å². The summed E-state index contributed by atoms with van der Waals surface area (Å²) in [6, 6.07) is 0.219. The van der Waals surface area contributed by atoms with Gasteiger partial charge in [-0.05, 0) is 32.6 Å². The first-order valence-electron chi connectivity index (χ1n) is 6.07. The number of nitrogens with zero attached hydrogens (tertiary/aromatic N) is 4. The highest BCUT2D eigenvalue weighted by Gasteiger charge is 2.47. The van der Waals surface area contributed by atoms with Gasteiger partial charge in [0.2, 0.25) is 0 Å². The number of rotatable bonds is 3. The van der Waals surface area contributed by atoms with E-state index in [-0.39, 0.29) is 30.1 Å². The van der Waals surface area contributed by atoms with Gasteiger partial charge in [0.1, 0.15) is 0 Å². The van der Waals surface area contributed by atoms with E-state index in [4.69, 9.17) is 0 Å². The maximum Gasteiger partial charge on any atom is 0.444 e. The van der Waals surface area contributed by atoms with Gasteiger partial charge >= 0.3 is 5.96 Å². The molecule has 0 fully saturated rings. The van der Waals surface area contributed by atoms with Gasteiger partial charge in [-0.3, -0.25) is 0 Å². The van der Waals surface area contributed by atoms with Crippen molar-refractivity contribution in [3.63, 3.8) is 0 Å². The van der Waals surface area contributed by atoms with Crippen molar-refractivity contribution in [2.45, 2.75) is 59.8 Å². The topological polar surface area (TPSA) is 62.0 Å². The molecule has 6 heteroatoms. The van der Waals surface area contributed by atoms with Crippen LogP contribution in [0.4, 0.5) is 0 Å². The molecule has 1 rings (SSSR count). The second kappa shape index (κ2) is 5.00. The molecule has 0 aromatic carbocycles. The van der Waals surface area contributed by atoms with Gasteiger partial charge < -0.3 is 10.1 Å². The molecule has 17 heavy (non-hydrogen) atoms. The number of hydrogen-bond acceptors (Lipinski definition) is 5. The monoisotopic (exact) mass is 242 g/mol. The van der Waals surface area contributed by atoms with Crippen LogP contribution in [0.3, 0.4) is 0 Å². The number of guanidine groups is 1. The van der Waals surface area contributed by atoms with E-state index in [0.29, 0.717) is 0 Å². The molecule has 0 bridgehead atoms. The predicted octanol–water partition coefficient (Wildman–Crippen LogP) is 1.95. The molecular weight excluding hydrogens is 220 g/mol. The third kappa shape index (κ3) is 2.57. The van der Waals surface area contributed by atoms with Crippen LogP contribution in [0.15, 0.2) is 4.99 Å². The van der Waals surface area contributed by atoms with E-state index in [1.165, 1.54) is 0 Å². The van der Waals surface area contributed by atoms with Crippen molar-refractivity contribution in [3.05, 3.63) is 10.1 Å². The maximum atomic E-state index is 11.1. The fourth-order valence-electron chi connectivity index (χ4n) is 2.10. The summed E-state index contributed by atoms with van der Waals surface area (Å²) in [6.45, 7) is 12.0. The minimum absolute atomic E-state index is 0.0327. The van der Waals surface area contributed by atoms with Crippen molar-refractivity contribution in [2.24, 2.45) is 10.9 Å². The molecule has 0 radical (unpaired) electrons. The molecule has 1 unspecified atom stereocenters. The molecule has 0 saturated carbocycles. The molecular formula is C11H22N4O2. The van der Waals surface area contributed by atoms with Crippen molar-refractivity contribution in [1.29, 1.82) is 0 Å². The first kappa shape index (κ1) is 13.9. The van der Waals surface area contributed by atoms with Gasteiger partial charge in [-0.2, -0.15) is 5.01 Å². The van der Waals surface area contributed by atoms with Gasteiger partial charge in [-0.1, -0.05) is 18.8 Å². The normalized spacial score (nSPS) is 21.8. The summed E-state index contributed by atoms with van der Waals surface area (Å²) in [5.74, 6) is 0.212. The van der Waals surface area contributed by atoms with Gasteiger partial charge in [0, 0.05) is 12.0 Å². The minimum Gasteiger partial charge on any atom is -0.390 e. The Labute approximate surface area is 102 Å². The summed E-state index contributed by atoms with van der Waals surface area (Å²) < 4.78 is 0. The molecule has 1 aliphatic rings. The highest BCUT2D eigenvalue weighted by atomic mass is 16.6. The van der Waals surface area contributed by atoms with Crippen LogP contribution < -0.4 is 0 Å². The second-order valence-corrected chi connectivity index (χ2v) is 5.26. The zero-order valence-corrected chi connectivity index (χ0v) is 11.4. The SMILES string of the molecule is CC(C)C1N=C([N+](=O)[O-])N(C(C)C)N1C(C)C. The van der Waals surface area contributed by atoms with Crippen LogP contribution in [0.1, 0.15) is 41.5 Å². The van der Waals surface area contributed by atoms with E-state index in [1.807, 2.05) is 46.6 Å². The highest BCUT2D eigenvalue weighted by molar-refractivity contribution is 5.73. The Morgan fingerprint density at radius 3 is 2.00 bits per heavy atom. The Kier molecular flexibility index (Phi) is 4.08. The quantitative estimate of drug-likeness (QED) is 0.560. The average molecular weight is 242 g/mol. The summed E-state index contributed by atoms with van der Waals surface area (Å²) in [6.07, 6.45) is -0.141. The third-order valence-corrected chi connectivity index (χ3v) is 2.75. The Bertz CT molecular complexity index is 325. The first-order chi connectivity index (χ1) is 7.77. The van der Waals surface area contributed by atoms with Gasteiger partial charge in [-0.25, -0.2) is 0 Å². The lowest BCUT2D eigenvalue weighted by molar-refractivity contribution is -0.370. The molecule has 1 aliphatic heterocycles. The standard InChI is InChI=1S/C11H22N4O2/c1-7(2)10-12-11(15(16)17)14(9(5)6)13(10)8(3)4/h7-10H,1-6H3. The zero-order chi connectivity index (χ0) is 13.3. The molecule has 0 aromatic rings. The summed E-state index contributed by atoms with van der Waals surface area (Å²) in [5, 5.41) is 14.8. The third-order valence-electron chi connectivity index (χ3n) is 2.75. The van der Waals surface area contributed by atoms with E-state index >= 15 is 0 Å². The van der Waals surface area contributed by atoms with Crippen LogP contribution in [0.2, 0.25) is 0 Å². The molecule has 0 aromatic heterocycles. The van der Waals surface area contributed by atoms with Gasteiger partial charge in [0.15, 0.2) is 6.17 Å². The van der Waals surface area contributed by atoms with Crippen LogP contribution in [0.5, 0.6) is 0 Å². The molecule has 98 valence electrons. The number of hydrogen-bond donors (Lipinski definition) is 0. The summed E-state index contributed by atoms with van der Waals surface area (Å²) in [7, 11) is 0.